The molecule has 0 fully saturated rings. The summed E-state index contributed by atoms with van der Waals surface area (Å²) in [7, 11) is 0. The highest BCUT2D eigenvalue weighted by molar-refractivity contribution is 6.30. The van der Waals surface area contributed by atoms with E-state index in [1.807, 2.05) is 0 Å². The van der Waals surface area contributed by atoms with Crippen LogP contribution in [0.1, 0.15) is 6.92 Å². The molecule has 0 atom stereocenters. The first-order valence-corrected chi connectivity index (χ1v) is 3.15. The Morgan fingerprint density at radius 1 is 1.45 bits per heavy atom. The van der Waals surface area contributed by atoms with Gasteiger partial charge in [-0.25, -0.2) is 0 Å². The minimum atomic E-state index is -0.243. The van der Waals surface area contributed by atoms with E-state index in [2.05, 4.69) is 0 Å². The van der Waals surface area contributed by atoms with Crippen molar-refractivity contribution < 1.29 is 9.59 Å². The molecule has 1 rings (SSSR count). The molecule has 0 bridgehead atoms. The lowest BCUT2D eigenvalue weighted by atomic mass is 10.0. The van der Waals surface area contributed by atoms with Crippen LogP contribution in [0.25, 0.3) is 0 Å². The summed E-state index contributed by atoms with van der Waals surface area (Å²) in [4.78, 5) is 21.5. The zero-order chi connectivity index (χ0) is 8.43. The molecule has 3 nitrogen and oxygen atoms in total. The number of rotatable bonds is 1. The minimum Gasteiger partial charge on any atom is -0.300 e. The second kappa shape index (κ2) is 2.62. The lowest BCUT2D eigenvalue weighted by molar-refractivity contribution is -0.114. The van der Waals surface area contributed by atoms with E-state index >= 15 is 0 Å². The van der Waals surface area contributed by atoms with E-state index in [-0.39, 0.29) is 22.9 Å². The van der Waals surface area contributed by atoms with Crippen LogP contribution in [0.4, 0.5) is 0 Å². The number of Topliss-reactive ketones (excluding diaryl/α,β-unsaturated/α-hetero) is 1. The Bertz CT molecular complexity index is 297. The van der Waals surface area contributed by atoms with Gasteiger partial charge in [0.1, 0.15) is 0 Å². The molecular weight excluding hydrogens is 142 g/mol. The largest absolute Gasteiger partial charge is 0.300 e. The average molecular weight is 149 g/mol. The molecule has 0 spiro atoms. The van der Waals surface area contributed by atoms with E-state index in [4.69, 9.17) is 5.41 Å². The van der Waals surface area contributed by atoms with Crippen LogP contribution in [0.5, 0.6) is 0 Å². The molecule has 0 amide bonds. The third-order valence-corrected chi connectivity index (χ3v) is 1.37. The Morgan fingerprint density at radius 2 is 2.09 bits per heavy atom. The van der Waals surface area contributed by atoms with Gasteiger partial charge < -0.3 is 5.41 Å². The highest BCUT2D eigenvalue weighted by atomic mass is 16.1. The Balaban J connectivity index is 3.03. The van der Waals surface area contributed by atoms with Crippen LogP contribution < -0.4 is 0 Å². The maximum atomic E-state index is 10.8. The average Bonchev–Trinajstić information content (AvgIpc) is 1.94. The summed E-state index contributed by atoms with van der Waals surface area (Å²) in [5.41, 5.74) is 0.301. The molecule has 0 saturated carbocycles. The fourth-order valence-corrected chi connectivity index (χ4v) is 0.815. The van der Waals surface area contributed by atoms with Gasteiger partial charge in [0.2, 0.25) is 0 Å². The molecule has 11 heavy (non-hydrogen) atoms. The molecule has 1 N–H and O–H groups in total. The van der Waals surface area contributed by atoms with Crippen LogP contribution in [0.2, 0.25) is 0 Å². The van der Waals surface area contributed by atoms with Crippen LogP contribution in [0.15, 0.2) is 23.8 Å². The van der Waals surface area contributed by atoms with E-state index < -0.39 is 0 Å². The van der Waals surface area contributed by atoms with Crippen LogP contribution in [0.3, 0.4) is 0 Å². The first-order valence-electron chi connectivity index (χ1n) is 3.15. The molecule has 56 valence electrons. The molecule has 0 unspecified atom stereocenters. The number of hydrogen-bond donors (Lipinski definition) is 1. The van der Waals surface area contributed by atoms with Crippen LogP contribution in [0, 0.1) is 5.41 Å². The molecule has 0 radical (unpaired) electrons. The zero-order valence-electron chi connectivity index (χ0n) is 6.05. The van der Waals surface area contributed by atoms with Gasteiger partial charge in [0.15, 0.2) is 11.6 Å². The van der Waals surface area contributed by atoms with Crippen LogP contribution >= 0.6 is 0 Å². The van der Waals surface area contributed by atoms with E-state index in [1.165, 1.54) is 25.2 Å². The zero-order valence-corrected chi connectivity index (χ0v) is 6.05. The minimum absolute atomic E-state index is 0.108. The highest BCUT2D eigenvalue weighted by Crippen LogP contribution is 2.05. The molecule has 0 aliphatic heterocycles. The van der Waals surface area contributed by atoms with Crippen molar-refractivity contribution in [3.63, 3.8) is 0 Å². The predicted molar refractivity (Wildman–Crippen MR) is 40.6 cm³/mol. The van der Waals surface area contributed by atoms with Gasteiger partial charge in [-0.1, -0.05) is 0 Å². The van der Waals surface area contributed by atoms with Gasteiger partial charge in [-0.3, -0.25) is 9.59 Å². The Hall–Kier alpha value is -1.51. The normalized spacial score (nSPS) is 16.6. The Morgan fingerprint density at radius 3 is 2.55 bits per heavy atom. The molecule has 0 aromatic rings. The van der Waals surface area contributed by atoms with E-state index in [0.29, 0.717) is 0 Å². The SMILES string of the molecule is CC(=O)C1=CC(=O)C=CC1=N. The fourth-order valence-electron chi connectivity index (χ4n) is 0.815. The molecule has 0 saturated heterocycles. The maximum Gasteiger partial charge on any atom is 0.179 e. The highest BCUT2D eigenvalue weighted by Gasteiger charge is 2.13. The number of allylic oxidation sites excluding steroid dienone is 4. The Labute approximate surface area is 63.9 Å². The first kappa shape index (κ1) is 7.60. The summed E-state index contributed by atoms with van der Waals surface area (Å²) in [5, 5.41) is 7.24. The van der Waals surface area contributed by atoms with Gasteiger partial charge in [-0.2, -0.15) is 0 Å². The molecule has 0 heterocycles. The van der Waals surface area contributed by atoms with Crippen LogP contribution in [-0.2, 0) is 9.59 Å². The summed E-state index contributed by atoms with van der Waals surface area (Å²) >= 11 is 0. The van der Waals surface area contributed by atoms with E-state index in [0.717, 1.165) is 0 Å². The number of carbonyl (C=O) groups excluding carboxylic acids is 2. The second-order valence-corrected chi connectivity index (χ2v) is 2.26. The summed E-state index contributed by atoms with van der Waals surface area (Å²) in [6.45, 7) is 1.34. The lowest BCUT2D eigenvalue weighted by Crippen LogP contribution is -2.12. The van der Waals surface area contributed by atoms with Gasteiger partial charge in [0, 0.05) is 5.57 Å². The first-order chi connectivity index (χ1) is 5.11. The smallest absolute Gasteiger partial charge is 0.179 e. The maximum absolute atomic E-state index is 10.8. The summed E-state index contributed by atoms with van der Waals surface area (Å²) < 4.78 is 0. The Kier molecular flexibility index (Phi) is 1.81. The fraction of sp³-hybridized carbons (Fsp3) is 0.125. The molecule has 0 aromatic heterocycles. The van der Waals surface area contributed by atoms with Crippen molar-refractivity contribution in [3.05, 3.63) is 23.8 Å². The third-order valence-electron chi connectivity index (χ3n) is 1.37. The van der Waals surface area contributed by atoms with Crippen LogP contribution in [-0.4, -0.2) is 17.3 Å². The molecule has 1 aliphatic rings. The summed E-state index contributed by atoms with van der Waals surface area (Å²) in [5.74, 6) is -0.473. The van der Waals surface area contributed by atoms with Crippen molar-refractivity contribution >= 4 is 17.3 Å². The summed E-state index contributed by atoms with van der Waals surface area (Å²) in [6, 6.07) is 0. The van der Waals surface area contributed by atoms with Gasteiger partial charge in [0.05, 0.1) is 5.71 Å². The molecule has 3 heteroatoms. The van der Waals surface area contributed by atoms with Gasteiger partial charge >= 0.3 is 0 Å². The number of nitrogens with one attached hydrogen (secondary N) is 1. The van der Waals surface area contributed by atoms with Crippen molar-refractivity contribution in [3.8, 4) is 0 Å². The van der Waals surface area contributed by atoms with Crippen molar-refractivity contribution in [1.29, 1.82) is 5.41 Å². The quantitative estimate of drug-likeness (QED) is 0.557. The van der Waals surface area contributed by atoms with E-state index in [1.54, 1.807) is 0 Å². The van der Waals surface area contributed by atoms with Crippen molar-refractivity contribution in [2.24, 2.45) is 0 Å². The van der Waals surface area contributed by atoms with Gasteiger partial charge in [0.25, 0.3) is 0 Å². The summed E-state index contributed by atoms with van der Waals surface area (Å²) in [6.07, 6.45) is 3.79. The molecular formula is C8H7NO2. The number of ketones is 2. The molecule has 1 aliphatic carbocycles. The van der Waals surface area contributed by atoms with Crippen molar-refractivity contribution in [2.45, 2.75) is 6.92 Å². The standard InChI is InChI=1S/C8H7NO2/c1-5(10)7-4-6(11)2-3-8(7)9/h2-4,9H,1H3. The van der Waals surface area contributed by atoms with E-state index in [9.17, 15) is 9.59 Å². The number of hydrogen-bond acceptors (Lipinski definition) is 3. The number of carbonyl (C=O) groups is 2. The van der Waals surface area contributed by atoms with Crippen molar-refractivity contribution in [1.82, 2.24) is 0 Å². The monoisotopic (exact) mass is 149 g/mol. The topological polar surface area (TPSA) is 58.0 Å². The molecule has 0 aromatic carbocycles. The van der Waals surface area contributed by atoms with Gasteiger partial charge in [-0.15, -0.1) is 0 Å². The second-order valence-electron chi connectivity index (χ2n) is 2.26. The predicted octanol–water partition coefficient (Wildman–Crippen LogP) is 0.660. The third kappa shape index (κ3) is 1.49. The van der Waals surface area contributed by atoms with Crippen molar-refractivity contribution in [2.75, 3.05) is 0 Å². The van der Waals surface area contributed by atoms with Gasteiger partial charge in [-0.05, 0) is 25.2 Å². The lowest BCUT2D eigenvalue weighted by Gasteiger charge is -2.03.